The number of allylic oxidation sites excluding steroid dienone is 2. The topological polar surface area (TPSA) is 86.6 Å². The predicted molar refractivity (Wildman–Crippen MR) is 149 cm³/mol. The van der Waals surface area contributed by atoms with Gasteiger partial charge in [0.05, 0.1) is 28.7 Å². The first-order chi connectivity index (χ1) is 19.0. The summed E-state index contributed by atoms with van der Waals surface area (Å²) in [5, 5.41) is 0. The molecule has 0 bridgehead atoms. The van der Waals surface area contributed by atoms with Gasteiger partial charge in [0.1, 0.15) is 11.5 Å². The molecule has 0 N–H and O–H groups in total. The van der Waals surface area contributed by atoms with Crippen molar-refractivity contribution >= 4 is 29.1 Å². The van der Waals surface area contributed by atoms with Crippen LogP contribution < -0.4 is 4.74 Å². The van der Waals surface area contributed by atoms with Crippen molar-refractivity contribution in [1.82, 2.24) is 0 Å². The van der Waals surface area contributed by atoms with Crippen LogP contribution in [0.3, 0.4) is 0 Å². The SMILES string of the molecule is CC(=O)OCOC1=C(Cc2ccccc2)N=C2C(Cc3ccccc3)=NC(c3ccc(OC(C)=O)cc3)=CC21. The number of nitrogens with zero attached hydrogens (tertiary/aromatic N) is 2. The van der Waals surface area contributed by atoms with Crippen LogP contribution in [0.2, 0.25) is 0 Å². The Labute approximate surface area is 227 Å². The number of carbonyl (C=O) groups excluding carboxylic acids is 2. The molecule has 3 aromatic rings. The van der Waals surface area contributed by atoms with Crippen molar-refractivity contribution < 1.29 is 23.8 Å². The van der Waals surface area contributed by atoms with E-state index in [4.69, 9.17) is 24.2 Å². The average molecular weight is 521 g/mol. The summed E-state index contributed by atoms with van der Waals surface area (Å²) in [6.45, 7) is 2.52. The van der Waals surface area contributed by atoms with Gasteiger partial charge in [-0.3, -0.25) is 19.6 Å². The normalized spacial score (nSPS) is 16.1. The molecule has 5 rings (SSSR count). The summed E-state index contributed by atoms with van der Waals surface area (Å²) in [4.78, 5) is 32.9. The summed E-state index contributed by atoms with van der Waals surface area (Å²) in [7, 11) is 0. The zero-order valence-electron chi connectivity index (χ0n) is 21.8. The number of ether oxygens (including phenoxy) is 3. The van der Waals surface area contributed by atoms with Crippen molar-refractivity contribution in [3.8, 4) is 5.75 Å². The Bertz CT molecular complexity index is 1490. The van der Waals surface area contributed by atoms with E-state index in [1.807, 2.05) is 66.7 Å². The van der Waals surface area contributed by atoms with Crippen LogP contribution in [0.25, 0.3) is 5.70 Å². The molecule has 2 aliphatic rings. The van der Waals surface area contributed by atoms with Crippen LogP contribution in [0.15, 0.2) is 112 Å². The van der Waals surface area contributed by atoms with Crippen LogP contribution in [0, 0.1) is 5.92 Å². The highest BCUT2D eigenvalue weighted by atomic mass is 16.7. The second kappa shape index (κ2) is 11.7. The van der Waals surface area contributed by atoms with Gasteiger partial charge in [-0.25, -0.2) is 0 Å². The number of fused-ring (bicyclic) bond motifs is 1. The maximum atomic E-state index is 11.5. The molecular formula is C32H28N2O5. The monoisotopic (exact) mass is 520 g/mol. The second-order valence-corrected chi connectivity index (χ2v) is 9.24. The minimum absolute atomic E-state index is 0.201. The Morgan fingerprint density at radius 2 is 1.41 bits per heavy atom. The molecule has 2 heterocycles. The van der Waals surface area contributed by atoms with Crippen LogP contribution in [-0.4, -0.2) is 30.2 Å². The van der Waals surface area contributed by atoms with Gasteiger partial charge in [0.25, 0.3) is 0 Å². The van der Waals surface area contributed by atoms with Gasteiger partial charge < -0.3 is 14.2 Å². The van der Waals surface area contributed by atoms with Crippen molar-refractivity contribution in [3.63, 3.8) is 0 Å². The smallest absolute Gasteiger partial charge is 0.308 e. The van der Waals surface area contributed by atoms with Crippen LogP contribution in [0.5, 0.6) is 5.75 Å². The molecule has 2 aliphatic heterocycles. The van der Waals surface area contributed by atoms with Gasteiger partial charge in [0, 0.05) is 32.3 Å². The fourth-order valence-electron chi connectivity index (χ4n) is 4.57. The summed E-state index contributed by atoms with van der Waals surface area (Å²) in [5.41, 5.74) is 6.27. The van der Waals surface area contributed by atoms with Gasteiger partial charge in [0.2, 0.25) is 6.79 Å². The molecular weight excluding hydrogens is 492 g/mol. The van der Waals surface area contributed by atoms with Crippen LogP contribution in [0.1, 0.15) is 30.5 Å². The first-order valence-corrected chi connectivity index (χ1v) is 12.7. The highest BCUT2D eigenvalue weighted by molar-refractivity contribution is 6.46. The van der Waals surface area contributed by atoms with Crippen LogP contribution >= 0.6 is 0 Å². The van der Waals surface area contributed by atoms with E-state index >= 15 is 0 Å². The van der Waals surface area contributed by atoms with E-state index in [-0.39, 0.29) is 18.7 Å². The minimum Gasteiger partial charge on any atom is -0.459 e. The van der Waals surface area contributed by atoms with E-state index in [2.05, 4.69) is 12.1 Å². The first-order valence-electron chi connectivity index (χ1n) is 12.7. The fraction of sp³-hybridized carbons (Fsp3) is 0.188. The summed E-state index contributed by atoms with van der Waals surface area (Å²) in [6, 6.07) is 27.4. The Balaban J connectivity index is 1.54. The van der Waals surface area contributed by atoms with E-state index in [9.17, 15) is 9.59 Å². The van der Waals surface area contributed by atoms with Gasteiger partial charge in [-0.2, -0.15) is 0 Å². The molecule has 7 nitrogen and oxygen atoms in total. The standard InChI is InChI=1S/C32H28N2O5/c1-21(35)37-20-38-32-27-19-28(25-13-15-26(16-14-25)39-22(2)36)33-29(17-23-9-5-3-6-10-23)31(27)34-30(32)18-24-11-7-4-8-12-24/h3-16,19,27H,17-18,20H2,1-2H3. The summed E-state index contributed by atoms with van der Waals surface area (Å²) in [6.07, 6.45) is 3.18. The van der Waals surface area contributed by atoms with E-state index < -0.39 is 5.97 Å². The first kappa shape index (κ1) is 25.9. The lowest BCUT2D eigenvalue weighted by atomic mass is 9.90. The van der Waals surface area contributed by atoms with Gasteiger partial charge >= 0.3 is 11.9 Å². The fourth-order valence-corrected chi connectivity index (χ4v) is 4.57. The molecule has 0 aliphatic carbocycles. The minimum atomic E-state index is -0.418. The van der Waals surface area contributed by atoms with E-state index in [0.717, 1.165) is 39.5 Å². The number of esters is 2. The lowest BCUT2D eigenvalue weighted by Crippen LogP contribution is -2.27. The Morgan fingerprint density at radius 1 is 0.769 bits per heavy atom. The van der Waals surface area contributed by atoms with Gasteiger partial charge in [-0.1, -0.05) is 60.7 Å². The molecule has 1 unspecified atom stereocenters. The van der Waals surface area contributed by atoms with E-state index in [1.165, 1.54) is 13.8 Å². The van der Waals surface area contributed by atoms with Gasteiger partial charge in [-0.15, -0.1) is 0 Å². The quantitative estimate of drug-likeness (QED) is 0.205. The molecule has 196 valence electrons. The Kier molecular flexibility index (Phi) is 7.78. The molecule has 3 aromatic carbocycles. The largest absolute Gasteiger partial charge is 0.459 e. The zero-order chi connectivity index (χ0) is 27.2. The van der Waals surface area contributed by atoms with Gasteiger partial charge in [0.15, 0.2) is 0 Å². The van der Waals surface area contributed by atoms with Crippen LogP contribution in [-0.2, 0) is 31.9 Å². The average Bonchev–Trinajstić information content (AvgIpc) is 3.27. The molecule has 39 heavy (non-hydrogen) atoms. The molecule has 0 saturated carbocycles. The number of aliphatic imine (C=N–C) groups is 2. The maximum absolute atomic E-state index is 11.5. The molecule has 0 aromatic heterocycles. The highest BCUT2D eigenvalue weighted by Crippen LogP contribution is 2.37. The van der Waals surface area contributed by atoms with Crippen molar-refractivity contribution in [2.75, 3.05) is 6.79 Å². The summed E-state index contributed by atoms with van der Waals surface area (Å²) >= 11 is 0. The third kappa shape index (κ3) is 6.38. The summed E-state index contributed by atoms with van der Waals surface area (Å²) in [5.74, 6) is 0.0247. The van der Waals surface area contributed by atoms with Crippen molar-refractivity contribution in [2.24, 2.45) is 15.9 Å². The lowest BCUT2D eigenvalue weighted by Gasteiger charge is -2.22. The second-order valence-electron chi connectivity index (χ2n) is 9.24. The Morgan fingerprint density at radius 3 is 2.03 bits per heavy atom. The third-order valence-corrected chi connectivity index (χ3v) is 6.31. The molecule has 0 radical (unpaired) electrons. The third-order valence-electron chi connectivity index (χ3n) is 6.31. The molecule has 0 saturated heterocycles. The molecule has 0 spiro atoms. The molecule has 1 atom stereocenters. The number of rotatable bonds is 9. The number of benzene rings is 3. The molecule has 0 amide bonds. The zero-order valence-corrected chi connectivity index (χ0v) is 21.8. The Hall–Kier alpha value is -4.78. The van der Waals surface area contributed by atoms with E-state index in [1.54, 1.807) is 12.1 Å². The highest BCUT2D eigenvalue weighted by Gasteiger charge is 2.36. The molecule has 0 fully saturated rings. The number of hydrogen-bond donors (Lipinski definition) is 0. The van der Waals surface area contributed by atoms with Crippen LogP contribution in [0.4, 0.5) is 0 Å². The van der Waals surface area contributed by atoms with Crippen molar-refractivity contribution in [3.05, 3.63) is 119 Å². The predicted octanol–water partition coefficient (Wildman–Crippen LogP) is 5.71. The lowest BCUT2D eigenvalue weighted by molar-refractivity contribution is -0.150. The number of carbonyl (C=O) groups is 2. The van der Waals surface area contributed by atoms with E-state index in [0.29, 0.717) is 24.4 Å². The van der Waals surface area contributed by atoms with Crippen molar-refractivity contribution in [1.29, 1.82) is 0 Å². The van der Waals surface area contributed by atoms with Crippen molar-refractivity contribution in [2.45, 2.75) is 26.7 Å². The number of hydrogen-bond acceptors (Lipinski definition) is 7. The molecule has 7 heteroatoms. The maximum Gasteiger partial charge on any atom is 0.308 e. The van der Waals surface area contributed by atoms with Gasteiger partial charge in [-0.05, 0) is 41.5 Å². The summed E-state index contributed by atoms with van der Waals surface area (Å²) < 4.78 is 16.4.